The van der Waals surface area contributed by atoms with Crippen LogP contribution in [0.2, 0.25) is 0 Å². The van der Waals surface area contributed by atoms with Crippen molar-refractivity contribution >= 4 is 46.4 Å². The van der Waals surface area contributed by atoms with Crippen molar-refractivity contribution in [3.8, 4) is 0 Å². The van der Waals surface area contributed by atoms with Gasteiger partial charge in [-0.25, -0.2) is 32.5 Å². The van der Waals surface area contributed by atoms with E-state index in [-0.39, 0.29) is 92.7 Å². The Hall–Kier alpha value is -12.4. The monoisotopic (exact) mass is 2000 g/mol. The van der Waals surface area contributed by atoms with Crippen LogP contribution in [-0.2, 0) is 99.1 Å². The zero-order chi connectivity index (χ0) is 104. The maximum absolute atomic E-state index is 13.8. The first-order chi connectivity index (χ1) is 70.1. The summed E-state index contributed by atoms with van der Waals surface area (Å²) < 4.78 is 62.0. The van der Waals surface area contributed by atoms with E-state index in [1.807, 2.05) is 96.3 Å². The van der Waals surface area contributed by atoms with Crippen LogP contribution in [-0.4, -0.2) is 255 Å². The molecule has 0 aliphatic carbocycles. The summed E-state index contributed by atoms with van der Waals surface area (Å²) in [5.74, 6) is 1.49. The lowest BCUT2D eigenvalue weighted by molar-refractivity contribution is -0.121. The molecule has 4 aromatic carbocycles. The smallest absolute Gasteiger partial charge is 0.241 e. The van der Waals surface area contributed by atoms with Gasteiger partial charge in [0, 0.05) is 236 Å². The molecule has 0 radical (unpaired) electrons. The second-order valence-corrected chi connectivity index (χ2v) is 44.7. The van der Waals surface area contributed by atoms with E-state index in [1.54, 1.807) is 48.5 Å². The van der Waals surface area contributed by atoms with E-state index < -0.39 is 0 Å². The number of rotatable bonds is 25. The third-order valence-electron chi connectivity index (χ3n) is 30.5. The summed E-state index contributed by atoms with van der Waals surface area (Å²) in [6.07, 6.45) is 20.6. The lowest BCUT2D eigenvalue weighted by Crippen LogP contribution is -2.59. The third kappa shape index (κ3) is 25.3. The number of pyridine rings is 4. The van der Waals surface area contributed by atoms with Crippen LogP contribution in [0.25, 0.3) is 0 Å². The van der Waals surface area contributed by atoms with Gasteiger partial charge in [0.05, 0.1) is 96.0 Å². The Balaban J connectivity index is 0.000000134. The zero-order valence-electron chi connectivity index (χ0n) is 88.7. The summed E-state index contributed by atoms with van der Waals surface area (Å²) in [6, 6.07) is 38.7. The number of halogens is 4. The van der Waals surface area contributed by atoms with Crippen LogP contribution in [0.5, 0.6) is 0 Å². The van der Waals surface area contributed by atoms with Crippen LogP contribution in [0.4, 0.5) is 40.3 Å². The van der Waals surface area contributed by atoms with Gasteiger partial charge in [0.1, 0.15) is 34.9 Å². The van der Waals surface area contributed by atoms with Crippen molar-refractivity contribution in [1.29, 1.82) is 0 Å². The minimum atomic E-state index is -0.243. The highest BCUT2D eigenvalue weighted by Crippen LogP contribution is 2.45. The van der Waals surface area contributed by atoms with Gasteiger partial charge in [0.25, 0.3) is 0 Å². The zero-order valence-corrected chi connectivity index (χ0v) is 88.7. The second kappa shape index (κ2) is 45.0. The van der Waals surface area contributed by atoms with Gasteiger partial charge in [-0.05, 0) is 211 Å². The molecule has 4 saturated heterocycles. The first kappa shape index (κ1) is 106. The molecule has 28 nitrogen and oxygen atoms in total. The normalized spacial score (nSPS) is 21.3. The van der Waals surface area contributed by atoms with Crippen LogP contribution in [0.1, 0.15) is 192 Å². The summed E-state index contributed by atoms with van der Waals surface area (Å²) in [4.78, 5) is 105. The van der Waals surface area contributed by atoms with Gasteiger partial charge < -0.3 is 54.6 Å². The second-order valence-electron chi connectivity index (χ2n) is 44.7. The maximum Gasteiger partial charge on any atom is 0.241 e. The Labute approximate surface area is 863 Å². The predicted molar refractivity (Wildman–Crippen MR) is 569 cm³/mol. The molecule has 4 amide bonds. The largest absolute Gasteiger partial charge is 0.334 e. The van der Waals surface area contributed by atoms with Crippen LogP contribution < -0.4 is 40.9 Å². The molecule has 8 aliphatic rings. The molecular weight excluding hydrogens is 1860 g/mol. The molecule has 147 heavy (non-hydrogen) atoms. The van der Waals surface area contributed by atoms with Gasteiger partial charge >= 0.3 is 0 Å². The Morgan fingerprint density at radius 1 is 0.361 bits per heavy atom. The third-order valence-corrected chi connectivity index (χ3v) is 30.5. The summed E-state index contributed by atoms with van der Waals surface area (Å²) in [5.41, 5.74) is 19.0. The minimum absolute atomic E-state index is 0.0972. The van der Waals surface area contributed by atoms with Crippen molar-refractivity contribution < 1.29 is 36.7 Å². The number of anilines is 4. The molecule has 0 bridgehead atoms. The molecule has 0 unspecified atom stereocenters. The predicted octanol–water partition coefficient (Wildman–Crippen LogP) is 14.1. The van der Waals surface area contributed by atoms with Crippen LogP contribution in [0.15, 0.2) is 183 Å². The average Bonchev–Trinajstić information content (AvgIpc) is 1.62. The summed E-state index contributed by atoms with van der Waals surface area (Å²) in [6.45, 7) is 51.8. The highest BCUT2D eigenvalue weighted by atomic mass is 19.1. The molecule has 0 saturated carbocycles. The molecule has 4 fully saturated rings. The number of hydrogen-bond donors (Lipinski definition) is 4. The number of imidazole rings is 3. The van der Waals surface area contributed by atoms with Gasteiger partial charge in [-0.3, -0.25) is 63.4 Å². The maximum atomic E-state index is 13.8. The molecular formula is C115H146F4N24O4. The fourth-order valence-corrected chi connectivity index (χ4v) is 22.3. The number of amides is 4. The molecule has 8 aromatic heterocycles. The summed E-state index contributed by atoms with van der Waals surface area (Å²) in [5, 5.41) is 19.0. The van der Waals surface area contributed by atoms with Crippen LogP contribution >= 0.6 is 0 Å². The molecule has 12 aromatic rings. The molecule has 778 valence electrons. The van der Waals surface area contributed by atoms with E-state index in [0.717, 1.165) is 204 Å². The quantitative estimate of drug-likeness (QED) is 0.0387. The molecule has 0 spiro atoms. The van der Waals surface area contributed by atoms with Crippen LogP contribution in [0.3, 0.4) is 0 Å². The number of aryl methyl sites for hydroxylation is 5. The van der Waals surface area contributed by atoms with Gasteiger partial charge in [0.15, 0.2) is 0 Å². The summed E-state index contributed by atoms with van der Waals surface area (Å²) >= 11 is 0. The summed E-state index contributed by atoms with van der Waals surface area (Å²) in [7, 11) is 0. The van der Waals surface area contributed by atoms with Crippen molar-refractivity contribution in [1.82, 2.24) is 99.2 Å². The first-order valence-electron chi connectivity index (χ1n) is 52.2. The fraction of sp³-hybridized carbons (Fsp3) is 0.478. The number of carbonyl (C=O) groups is 4. The van der Waals surface area contributed by atoms with E-state index in [2.05, 4.69) is 213 Å². The molecule has 4 N–H and O–H groups in total. The number of aromatic nitrogens is 12. The highest BCUT2D eigenvalue weighted by molar-refractivity contribution is 6.00. The van der Waals surface area contributed by atoms with E-state index in [0.29, 0.717) is 102 Å². The van der Waals surface area contributed by atoms with Crippen molar-refractivity contribution in [3.05, 3.63) is 308 Å². The van der Waals surface area contributed by atoms with Crippen LogP contribution in [0, 0.1) is 57.9 Å². The highest BCUT2D eigenvalue weighted by Gasteiger charge is 2.47. The van der Waals surface area contributed by atoms with E-state index in [1.165, 1.54) is 54.2 Å². The van der Waals surface area contributed by atoms with Crippen molar-refractivity contribution in [2.75, 3.05) is 124 Å². The number of hydrogen-bond acceptors (Lipinski definition) is 20. The molecule has 8 aliphatic heterocycles. The average molecular weight is 2000 g/mol. The molecule has 20 rings (SSSR count). The lowest BCUT2D eigenvalue weighted by atomic mass is 9.91. The Morgan fingerprint density at radius 2 is 0.653 bits per heavy atom. The minimum Gasteiger partial charge on any atom is -0.334 e. The lowest BCUT2D eigenvalue weighted by Gasteiger charge is -2.40. The number of fused-ring (bicyclic) bond motifs is 4. The molecule has 32 heteroatoms. The molecule has 16 heterocycles. The van der Waals surface area contributed by atoms with E-state index in [9.17, 15) is 36.7 Å². The standard InChI is InChI=1S/3C29H37FN6O.C28H35FN6O/c1-19-14-34(25(13-31-19)15-35-18-33-20(2)21(35)3)16-27(37)36-17-29(4,5)28-26(36)11-23(12-32-28)10-22-6-8-24(30)9-7-22;1-19-10-21(3)36(33-19)16-25-14-31-20(2)15-34(25)17-27(37)35-18-29(4,5)28-26(35)12-23(13-32-28)11-22-6-8-24(30)9-7-22;1-5-26-31-10-11-34(26)17-24-15-32-20(2)16-35(24)18-27(37)36-19-29(3,4)28-25(36)13-22(14-33-28)12-21-6-8-23(30)9-7-21;1-19-15-34(24(14-31-19)16-33-10-9-30-20(33)2)17-26(36)35-18-28(3,4)27-25(35)12-22(13-32-27)11-21-5-7-23(29)8-6-21/h6-9,11-12,18-19,25,31H,10,13-17H2,1-5H3;6-10,12-13,20,25,31H,11,14-18H2,1-5H3;6-11,13-14,20,24,32H,5,12,15-19H2,1-4H3;5-10,12-13,19,24,31H,11,14-18H2,1-4H3/t19-,25-;20-,25-;20-,24-;19-,24-/m1111/s1. The SMILES string of the molecule is CCc1nccn1C[C@H]1CN[C@H](C)CN1CC(=O)N1CC(C)(C)c2ncc(Cc3ccc(F)cc3)cc21.Cc1cc(C)n(C[C@H]2CN[C@H](C)CN2CC(=O)N2CC(C)(C)c3ncc(Cc4ccc(F)cc4)cc32)n1.Cc1nccn1C[C@H]1CN[C@H](C)CN1CC(=O)N1CC(C)(C)c2ncc(Cc3ccc(F)cc3)cc21.Cc1ncn(C[C@H]2CN[C@H](C)CN2CC(=O)N2CC(C)(C)c3ncc(Cc4ccc(F)cc4)cc32)c1C. The van der Waals surface area contributed by atoms with E-state index in [4.69, 9.17) is 19.9 Å². The van der Waals surface area contributed by atoms with Crippen molar-refractivity contribution in [3.63, 3.8) is 0 Å². The van der Waals surface area contributed by atoms with E-state index >= 15 is 0 Å². The number of carbonyl (C=O) groups excluding carboxylic acids is 4. The number of nitrogens with zero attached hydrogens (tertiary/aromatic N) is 20. The number of benzene rings is 4. The van der Waals surface area contributed by atoms with Gasteiger partial charge in [-0.15, -0.1) is 0 Å². The topological polar surface area (TPSA) is 265 Å². The fourth-order valence-electron chi connectivity index (χ4n) is 22.3. The Morgan fingerprint density at radius 3 is 0.932 bits per heavy atom. The molecule has 8 atom stereocenters. The van der Waals surface area contributed by atoms with Crippen molar-refractivity contribution in [2.45, 2.75) is 253 Å². The van der Waals surface area contributed by atoms with Gasteiger partial charge in [-0.2, -0.15) is 5.10 Å². The first-order valence-corrected chi connectivity index (χ1v) is 52.2. The number of nitrogens with one attached hydrogen (secondary N) is 4. The Bertz CT molecular complexity index is 6480. The number of piperazine rings is 4. The van der Waals surface area contributed by atoms with Gasteiger partial charge in [0.2, 0.25) is 23.6 Å². The van der Waals surface area contributed by atoms with Gasteiger partial charge in [-0.1, -0.05) is 111 Å². The van der Waals surface area contributed by atoms with Crippen molar-refractivity contribution in [2.24, 2.45) is 0 Å². The Kier molecular flexibility index (Phi) is 32.4.